The Kier molecular flexibility index (Phi) is 4.27. The highest BCUT2D eigenvalue weighted by Crippen LogP contribution is 2.16. The van der Waals surface area contributed by atoms with Gasteiger partial charge in [0.15, 0.2) is 0 Å². The maximum Gasteiger partial charge on any atom is 0.251 e. The molecular formula is C14H12BrFN2O. The van der Waals surface area contributed by atoms with Crippen LogP contribution in [0.15, 0.2) is 47.2 Å². The Morgan fingerprint density at radius 2 is 2.21 bits per heavy atom. The van der Waals surface area contributed by atoms with Crippen LogP contribution < -0.4 is 5.32 Å². The minimum Gasteiger partial charge on any atom is -0.345 e. The summed E-state index contributed by atoms with van der Waals surface area (Å²) >= 11 is 3.16. The van der Waals surface area contributed by atoms with Gasteiger partial charge in [0.1, 0.15) is 5.82 Å². The van der Waals surface area contributed by atoms with Gasteiger partial charge >= 0.3 is 0 Å². The average molecular weight is 323 g/mol. The molecule has 5 heteroatoms. The zero-order valence-electron chi connectivity index (χ0n) is 10.2. The summed E-state index contributed by atoms with van der Waals surface area (Å²) in [7, 11) is 0. The number of hydrogen-bond acceptors (Lipinski definition) is 2. The number of benzene rings is 1. The highest BCUT2D eigenvalue weighted by molar-refractivity contribution is 9.10. The van der Waals surface area contributed by atoms with Crippen molar-refractivity contribution in [3.05, 3.63) is 64.1 Å². The maximum absolute atomic E-state index is 13.2. The fourth-order valence-electron chi connectivity index (χ4n) is 1.68. The zero-order valence-corrected chi connectivity index (χ0v) is 11.8. The molecule has 0 aliphatic rings. The maximum atomic E-state index is 13.2. The van der Waals surface area contributed by atoms with Crippen molar-refractivity contribution < 1.29 is 9.18 Å². The van der Waals surface area contributed by atoms with E-state index in [0.29, 0.717) is 4.47 Å². The molecule has 0 saturated carbocycles. The molecular weight excluding hydrogens is 311 g/mol. The Morgan fingerprint density at radius 1 is 1.42 bits per heavy atom. The molecule has 2 rings (SSSR count). The summed E-state index contributed by atoms with van der Waals surface area (Å²) in [5, 5.41) is 2.80. The minimum absolute atomic E-state index is 0.191. The zero-order chi connectivity index (χ0) is 13.8. The predicted octanol–water partition coefficient (Wildman–Crippen LogP) is 3.47. The topological polar surface area (TPSA) is 42.0 Å². The van der Waals surface area contributed by atoms with E-state index < -0.39 is 5.82 Å². The Labute approximate surface area is 119 Å². The molecule has 2 aromatic rings. The van der Waals surface area contributed by atoms with Gasteiger partial charge in [-0.2, -0.15) is 0 Å². The number of aromatic nitrogens is 1. The van der Waals surface area contributed by atoms with Gasteiger partial charge in [-0.3, -0.25) is 9.78 Å². The Bertz CT molecular complexity index is 569. The summed E-state index contributed by atoms with van der Waals surface area (Å²) in [6.07, 6.45) is 3.36. The van der Waals surface area contributed by atoms with Crippen LogP contribution in [0, 0.1) is 5.82 Å². The van der Waals surface area contributed by atoms with Crippen molar-refractivity contribution in [2.75, 3.05) is 0 Å². The fourth-order valence-corrected chi connectivity index (χ4v) is 2.15. The Morgan fingerprint density at radius 3 is 2.84 bits per heavy atom. The molecule has 3 nitrogen and oxygen atoms in total. The fraction of sp³-hybridized carbons (Fsp3) is 0.143. The van der Waals surface area contributed by atoms with E-state index in [4.69, 9.17) is 0 Å². The largest absolute Gasteiger partial charge is 0.345 e. The second kappa shape index (κ2) is 5.93. The van der Waals surface area contributed by atoms with Crippen molar-refractivity contribution in [3.8, 4) is 0 Å². The molecule has 0 aliphatic carbocycles. The molecule has 0 unspecified atom stereocenters. The molecule has 1 atom stereocenters. The molecule has 0 fully saturated rings. The monoisotopic (exact) mass is 322 g/mol. The predicted molar refractivity (Wildman–Crippen MR) is 74.2 cm³/mol. The van der Waals surface area contributed by atoms with Gasteiger partial charge < -0.3 is 5.32 Å². The summed E-state index contributed by atoms with van der Waals surface area (Å²) in [5.41, 5.74) is 1.17. The third-order valence-electron chi connectivity index (χ3n) is 2.66. The number of halogens is 2. The first-order valence-electron chi connectivity index (χ1n) is 5.73. The van der Waals surface area contributed by atoms with Crippen LogP contribution in [-0.2, 0) is 0 Å². The standard InChI is InChI=1S/C14H12BrFN2O/c1-9(10-3-2-4-17-8-10)18-14(19)11-5-12(15)7-13(16)6-11/h2-9H,1H3,(H,18,19)/t9-/m0/s1. The molecule has 0 aliphatic heterocycles. The van der Waals surface area contributed by atoms with Crippen LogP contribution in [0.3, 0.4) is 0 Å². The van der Waals surface area contributed by atoms with Crippen LogP contribution in [0.1, 0.15) is 28.9 Å². The first-order chi connectivity index (χ1) is 9.06. The average Bonchev–Trinajstić information content (AvgIpc) is 2.38. The van der Waals surface area contributed by atoms with E-state index in [2.05, 4.69) is 26.2 Å². The lowest BCUT2D eigenvalue weighted by atomic mass is 10.1. The van der Waals surface area contributed by atoms with Gasteiger partial charge in [0.05, 0.1) is 6.04 Å². The van der Waals surface area contributed by atoms with E-state index in [9.17, 15) is 9.18 Å². The normalized spacial score (nSPS) is 11.9. The van der Waals surface area contributed by atoms with Crippen molar-refractivity contribution in [2.45, 2.75) is 13.0 Å². The lowest BCUT2D eigenvalue weighted by molar-refractivity contribution is 0.0939. The van der Waals surface area contributed by atoms with E-state index in [-0.39, 0.29) is 17.5 Å². The summed E-state index contributed by atoms with van der Waals surface area (Å²) in [5.74, 6) is -0.773. The third-order valence-corrected chi connectivity index (χ3v) is 3.11. The molecule has 0 saturated heterocycles. The van der Waals surface area contributed by atoms with Gasteiger partial charge in [0.25, 0.3) is 5.91 Å². The number of carbonyl (C=O) groups is 1. The molecule has 1 N–H and O–H groups in total. The van der Waals surface area contributed by atoms with Gasteiger partial charge in [-0.15, -0.1) is 0 Å². The van der Waals surface area contributed by atoms with Crippen molar-refractivity contribution in [2.24, 2.45) is 0 Å². The first-order valence-corrected chi connectivity index (χ1v) is 6.52. The summed E-state index contributed by atoms with van der Waals surface area (Å²) < 4.78 is 13.8. The van der Waals surface area contributed by atoms with Crippen LogP contribution in [-0.4, -0.2) is 10.9 Å². The second-order valence-electron chi connectivity index (χ2n) is 4.14. The van der Waals surface area contributed by atoms with Crippen LogP contribution in [0.25, 0.3) is 0 Å². The molecule has 0 radical (unpaired) electrons. The number of amides is 1. The van der Waals surface area contributed by atoms with E-state index >= 15 is 0 Å². The molecule has 1 heterocycles. The van der Waals surface area contributed by atoms with E-state index in [1.165, 1.54) is 12.1 Å². The molecule has 1 aromatic carbocycles. The quantitative estimate of drug-likeness (QED) is 0.940. The van der Waals surface area contributed by atoms with Gasteiger partial charge in [0, 0.05) is 22.4 Å². The SMILES string of the molecule is C[C@H](NC(=O)c1cc(F)cc(Br)c1)c1cccnc1. The third kappa shape index (κ3) is 3.61. The summed E-state index contributed by atoms with van der Waals surface area (Å²) in [6, 6.07) is 7.57. The number of carbonyl (C=O) groups excluding carboxylic acids is 1. The molecule has 1 aromatic heterocycles. The van der Waals surface area contributed by atoms with Crippen molar-refractivity contribution in [1.29, 1.82) is 0 Å². The van der Waals surface area contributed by atoms with E-state index in [1.54, 1.807) is 24.5 Å². The molecule has 0 bridgehead atoms. The lowest BCUT2D eigenvalue weighted by Gasteiger charge is -2.14. The van der Waals surface area contributed by atoms with Gasteiger partial charge in [0.2, 0.25) is 0 Å². The molecule has 98 valence electrons. The van der Waals surface area contributed by atoms with Crippen LogP contribution >= 0.6 is 15.9 Å². The molecule has 1 amide bonds. The number of rotatable bonds is 3. The lowest BCUT2D eigenvalue weighted by Crippen LogP contribution is -2.26. The van der Waals surface area contributed by atoms with Crippen LogP contribution in [0.5, 0.6) is 0 Å². The smallest absolute Gasteiger partial charge is 0.251 e. The van der Waals surface area contributed by atoms with E-state index in [1.807, 2.05) is 13.0 Å². The van der Waals surface area contributed by atoms with Crippen molar-refractivity contribution >= 4 is 21.8 Å². The van der Waals surface area contributed by atoms with Gasteiger partial charge in [-0.1, -0.05) is 22.0 Å². The van der Waals surface area contributed by atoms with Gasteiger partial charge in [-0.05, 0) is 36.8 Å². The van der Waals surface area contributed by atoms with Crippen molar-refractivity contribution in [1.82, 2.24) is 10.3 Å². The highest BCUT2D eigenvalue weighted by atomic mass is 79.9. The van der Waals surface area contributed by atoms with Crippen LogP contribution in [0.4, 0.5) is 4.39 Å². The molecule has 19 heavy (non-hydrogen) atoms. The summed E-state index contributed by atoms with van der Waals surface area (Å²) in [6.45, 7) is 1.85. The number of pyridine rings is 1. The minimum atomic E-state index is -0.450. The first kappa shape index (κ1) is 13.7. The Balaban J connectivity index is 2.13. The van der Waals surface area contributed by atoms with E-state index in [0.717, 1.165) is 5.56 Å². The second-order valence-corrected chi connectivity index (χ2v) is 5.06. The van der Waals surface area contributed by atoms with Crippen LogP contribution in [0.2, 0.25) is 0 Å². The highest BCUT2D eigenvalue weighted by Gasteiger charge is 2.12. The summed E-state index contributed by atoms with van der Waals surface area (Å²) in [4.78, 5) is 16.0. The van der Waals surface area contributed by atoms with Gasteiger partial charge in [-0.25, -0.2) is 4.39 Å². The molecule has 0 spiro atoms. The number of nitrogens with zero attached hydrogens (tertiary/aromatic N) is 1. The number of nitrogens with one attached hydrogen (secondary N) is 1. The number of hydrogen-bond donors (Lipinski definition) is 1. The van der Waals surface area contributed by atoms with Crippen molar-refractivity contribution in [3.63, 3.8) is 0 Å². The Hall–Kier alpha value is -1.75.